The van der Waals surface area contributed by atoms with Gasteiger partial charge in [-0.3, -0.25) is 4.79 Å². The fraction of sp³-hybridized carbons (Fsp3) is 0.455. The second-order valence-corrected chi connectivity index (χ2v) is 8.75. The highest BCUT2D eigenvalue weighted by Crippen LogP contribution is 2.30. The largest absolute Gasteiger partial charge is 0.417 e. The number of halogens is 3. The van der Waals surface area contributed by atoms with Gasteiger partial charge in [-0.15, -0.1) is 11.8 Å². The number of benzene rings is 1. The second-order valence-electron chi connectivity index (χ2n) is 7.70. The van der Waals surface area contributed by atoms with Crippen LogP contribution in [0.2, 0.25) is 0 Å². The van der Waals surface area contributed by atoms with Crippen LogP contribution in [0.3, 0.4) is 0 Å². The molecule has 1 aromatic heterocycles. The number of carbonyl (C=O) groups is 1. The van der Waals surface area contributed by atoms with Gasteiger partial charge in [0.2, 0.25) is 5.91 Å². The molecule has 1 amide bonds. The lowest BCUT2D eigenvalue weighted by Crippen LogP contribution is -2.36. The van der Waals surface area contributed by atoms with Crippen LogP contribution in [0.25, 0.3) is 0 Å². The van der Waals surface area contributed by atoms with E-state index in [2.05, 4.69) is 23.2 Å². The van der Waals surface area contributed by atoms with Crippen LogP contribution in [-0.4, -0.2) is 47.7 Å². The Kier molecular flexibility index (Phi) is 6.22. The summed E-state index contributed by atoms with van der Waals surface area (Å²) in [5.74, 6) is 1.02. The van der Waals surface area contributed by atoms with Crippen LogP contribution in [-0.2, 0) is 23.8 Å². The molecule has 1 saturated heterocycles. The van der Waals surface area contributed by atoms with E-state index in [0.29, 0.717) is 37.7 Å². The van der Waals surface area contributed by atoms with Gasteiger partial charge in [0.25, 0.3) is 0 Å². The molecule has 1 aliphatic heterocycles. The van der Waals surface area contributed by atoms with E-state index in [0.717, 1.165) is 36.4 Å². The third kappa shape index (κ3) is 4.91. The minimum atomic E-state index is -4.38. The molecular formula is C22H24F3N3OS. The molecular weight excluding hydrogens is 411 g/mol. The standard InChI is InChI=1S/C22H24F3N3OS/c23-22(24,25)18-6-8-20(26-14-18)27-9-2-10-28(12-11-27)21(29)15-30-19-7-5-16-3-1-4-17(16)13-19/h5-8,13-14H,1-4,9-12,15H2. The minimum absolute atomic E-state index is 0.0997. The number of hydrogen-bond donors (Lipinski definition) is 0. The normalized spacial score (nSPS) is 17.0. The van der Waals surface area contributed by atoms with Crippen molar-refractivity contribution in [2.24, 2.45) is 0 Å². The van der Waals surface area contributed by atoms with Crippen molar-refractivity contribution in [1.82, 2.24) is 9.88 Å². The molecule has 0 saturated carbocycles. The summed E-state index contributed by atoms with van der Waals surface area (Å²) >= 11 is 1.57. The van der Waals surface area contributed by atoms with Crippen LogP contribution in [0.5, 0.6) is 0 Å². The predicted molar refractivity (Wildman–Crippen MR) is 112 cm³/mol. The third-order valence-corrected chi connectivity index (χ3v) is 6.66. The van der Waals surface area contributed by atoms with Crippen molar-refractivity contribution in [2.45, 2.75) is 36.8 Å². The molecule has 8 heteroatoms. The Labute approximate surface area is 178 Å². The van der Waals surface area contributed by atoms with Gasteiger partial charge < -0.3 is 9.80 Å². The van der Waals surface area contributed by atoms with Gasteiger partial charge in [0, 0.05) is 37.3 Å². The van der Waals surface area contributed by atoms with E-state index in [1.54, 1.807) is 11.8 Å². The lowest BCUT2D eigenvalue weighted by Gasteiger charge is -2.23. The first-order valence-corrected chi connectivity index (χ1v) is 11.2. The molecule has 160 valence electrons. The first-order chi connectivity index (χ1) is 14.4. The first-order valence-electron chi connectivity index (χ1n) is 10.2. The number of hydrogen-bond acceptors (Lipinski definition) is 4. The number of aryl methyl sites for hydroxylation is 2. The lowest BCUT2D eigenvalue weighted by atomic mass is 10.1. The number of fused-ring (bicyclic) bond motifs is 1. The maximum Gasteiger partial charge on any atom is 0.417 e. The number of anilines is 1. The van der Waals surface area contributed by atoms with E-state index >= 15 is 0 Å². The summed E-state index contributed by atoms with van der Waals surface area (Å²) in [5, 5.41) is 0. The molecule has 0 spiro atoms. The molecule has 2 aliphatic rings. The number of aromatic nitrogens is 1. The number of thioether (sulfide) groups is 1. The van der Waals surface area contributed by atoms with Crippen LogP contribution in [0.15, 0.2) is 41.4 Å². The molecule has 2 heterocycles. The van der Waals surface area contributed by atoms with Crippen molar-refractivity contribution in [3.8, 4) is 0 Å². The molecule has 4 rings (SSSR count). The summed E-state index contributed by atoms with van der Waals surface area (Å²) in [6, 6.07) is 8.95. The van der Waals surface area contributed by atoms with Crippen LogP contribution < -0.4 is 4.90 Å². The SMILES string of the molecule is O=C(CSc1ccc2c(c1)CCC2)N1CCCN(c2ccc(C(F)(F)F)cn2)CC1. The molecule has 0 bridgehead atoms. The number of carbonyl (C=O) groups excluding carboxylic acids is 1. The Hall–Kier alpha value is -2.22. The fourth-order valence-electron chi connectivity index (χ4n) is 4.01. The zero-order chi connectivity index (χ0) is 21.1. The van der Waals surface area contributed by atoms with Crippen molar-refractivity contribution < 1.29 is 18.0 Å². The summed E-state index contributed by atoms with van der Waals surface area (Å²) in [7, 11) is 0. The van der Waals surface area contributed by atoms with Gasteiger partial charge in [0.05, 0.1) is 11.3 Å². The highest BCUT2D eigenvalue weighted by molar-refractivity contribution is 8.00. The molecule has 30 heavy (non-hydrogen) atoms. The third-order valence-electron chi connectivity index (χ3n) is 5.68. The maximum absolute atomic E-state index is 12.7. The van der Waals surface area contributed by atoms with Gasteiger partial charge in [-0.25, -0.2) is 4.98 Å². The van der Waals surface area contributed by atoms with Gasteiger partial charge in [-0.1, -0.05) is 6.07 Å². The topological polar surface area (TPSA) is 36.4 Å². The summed E-state index contributed by atoms with van der Waals surface area (Å²) in [6.07, 6.45) is 0.730. The molecule has 2 aromatic rings. The molecule has 0 N–H and O–H groups in total. The van der Waals surface area contributed by atoms with Gasteiger partial charge in [0.1, 0.15) is 5.82 Å². The number of amides is 1. The number of pyridine rings is 1. The minimum Gasteiger partial charge on any atom is -0.355 e. The highest BCUT2D eigenvalue weighted by atomic mass is 32.2. The van der Waals surface area contributed by atoms with Gasteiger partial charge in [-0.05, 0) is 61.1 Å². The van der Waals surface area contributed by atoms with Crippen molar-refractivity contribution in [3.63, 3.8) is 0 Å². The van der Waals surface area contributed by atoms with Crippen molar-refractivity contribution in [1.29, 1.82) is 0 Å². The van der Waals surface area contributed by atoms with Crippen LogP contribution in [0, 0.1) is 0 Å². The van der Waals surface area contributed by atoms with Gasteiger partial charge >= 0.3 is 6.18 Å². The van der Waals surface area contributed by atoms with Crippen LogP contribution in [0.4, 0.5) is 19.0 Å². The molecule has 0 atom stereocenters. The van der Waals surface area contributed by atoms with Crippen molar-refractivity contribution in [2.75, 3.05) is 36.8 Å². The van der Waals surface area contributed by atoms with E-state index in [1.807, 2.05) is 9.80 Å². The Morgan fingerprint density at radius 3 is 2.60 bits per heavy atom. The Morgan fingerprint density at radius 1 is 1.00 bits per heavy atom. The Morgan fingerprint density at radius 2 is 1.83 bits per heavy atom. The quantitative estimate of drug-likeness (QED) is 0.667. The molecule has 0 unspecified atom stereocenters. The van der Waals surface area contributed by atoms with E-state index in [9.17, 15) is 18.0 Å². The van der Waals surface area contributed by atoms with E-state index in [4.69, 9.17) is 0 Å². The molecule has 4 nitrogen and oxygen atoms in total. The Bertz CT molecular complexity index is 901. The van der Waals surface area contributed by atoms with Gasteiger partial charge in [-0.2, -0.15) is 13.2 Å². The summed E-state index contributed by atoms with van der Waals surface area (Å²) < 4.78 is 38.2. The van der Waals surface area contributed by atoms with Crippen LogP contribution >= 0.6 is 11.8 Å². The zero-order valence-electron chi connectivity index (χ0n) is 16.6. The average molecular weight is 436 g/mol. The van der Waals surface area contributed by atoms with Crippen molar-refractivity contribution >= 4 is 23.5 Å². The summed E-state index contributed by atoms with van der Waals surface area (Å²) in [5.41, 5.74) is 2.08. The Balaban J connectivity index is 1.31. The molecule has 1 aliphatic carbocycles. The van der Waals surface area contributed by atoms with E-state index in [-0.39, 0.29) is 5.91 Å². The van der Waals surface area contributed by atoms with Gasteiger partial charge in [0.15, 0.2) is 0 Å². The average Bonchev–Trinajstić information content (AvgIpc) is 3.06. The molecule has 1 fully saturated rings. The number of alkyl halides is 3. The zero-order valence-corrected chi connectivity index (χ0v) is 17.4. The van der Waals surface area contributed by atoms with E-state index in [1.165, 1.54) is 23.6 Å². The van der Waals surface area contributed by atoms with Crippen molar-refractivity contribution in [3.05, 3.63) is 53.2 Å². The summed E-state index contributed by atoms with van der Waals surface area (Å²) in [6.45, 7) is 2.43. The molecule has 0 radical (unpaired) electrons. The first kappa shape index (κ1) is 21.0. The summed E-state index contributed by atoms with van der Waals surface area (Å²) in [4.78, 5) is 21.6. The smallest absolute Gasteiger partial charge is 0.355 e. The monoisotopic (exact) mass is 435 g/mol. The number of rotatable bonds is 4. The highest BCUT2D eigenvalue weighted by Gasteiger charge is 2.31. The molecule has 1 aromatic carbocycles. The predicted octanol–water partition coefficient (Wildman–Crippen LogP) is 4.42. The maximum atomic E-state index is 12.7. The lowest BCUT2D eigenvalue weighted by molar-refractivity contribution is -0.137. The second kappa shape index (κ2) is 8.88. The van der Waals surface area contributed by atoms with E-state index < -0.39 is 11.7 Å². The fourth-order valence-corrected chi connectivity index (χ4v) is 4.87. The van der Waals surface area contributed by atoms with Crippen LogP contribution in [0.1, 0.15) is 29.5 Å². The number of nitrogens with zero attached hydrogens (tertiary/aromatic N) is 3.